The molecule has 2 N–H and O–H groups in total. The van der Waals surface area contributed by atoms with E-state index in [0.717, 1.165) is 24.0 Å². The SMILES string of the molecule is CC(C)(C(=O)NCCSc1ncn[nH]1)N1CCOCC1. The molecule has 0 unspecified atom stereocenters. The molecular formula is C12H21N5O2S. The topological polar surface area (TPSA) is 83.1 Å². The molecule has 1 amide bonds. The molecule has 7 nitrogen and oxygen atoms in total. The van der Waals surface area contributed by atoms with Gasteiger partial charge in [0, 0.05) is 25.4 Å². The Hall–Kier alpha value is -1.12. The molecule has 1 aromatic heterocycles. The summed E-state index contributed by atoms with van der Waals surface area (Å²) in [6.45, 7) is 7.50. The predicted octanol–water partition coefficient (Wildman–Crippen LogP) is 0.124. The number of amides is 1. The van der Waals surface area contributed by atoms with Crippen molar-refractivity contribution in [1.29, 1.82) is 0 Å². The normalized spacial score (nSPS) is 17.1. The van der Waals surface area contributed by atoms with Crippen LogP contribution < -0.4 is 5.32 Å². The molecule has 20 heavy (non-hydrogen) atoms. The Bertz CT molecular complexity index is 417. The van der Waals surface area contributed by atoms with Gasteiger partial charge in [0.1, 0.15) is 6.33 Å². The fourth-order valence-corrected chi connectivity index (χ4v) is 2.69. The van der Waals surface area contributed by atoms with Crippen LogP contribution in [-0.4, -0.2) is 70.1 Å². The number of rotatable bonds is 6. The smallest absolute Gasteiger partial charge is 0.239 e. The van der Waals surface area contributed by atoms with Crippen LogP contribution in [0.15, 0.2) is 11.5 Å². The van der Waals surface area contributed by atoms with E-state index in [9.17, 15) is 4.79 Å². The first-order chi connectivity index (χ1) is 9.60. The Morgan fingerprint density at radius 3 is 2.95 bits per heavy atom. The Kier molecular flexibility index (Phi) is 5.38. The molecule has 1 saturated heterocycles. The lowest BCUT2D eigenvalue weighted by Crippen LogP contribution is -2.58. The van der Waals surface area contributed by atoms with Gasteiger partial charge < -0.3 is 10.1 Å². The van der Waals surface area contributed by atoms with Crippen molar-refractivity contribution in [3.63, 3.8) is 0 Å². The molecule has 1 aliphatic heterocycles. The summed E-state index contributed by atoms with van der Waals surface area (Å²) in [6.07, 6.45) is 1.47. The molecule has 2 heterocycles. The lowest BCUT2D eigenvalue weighted by molar-refractivity contribution is -0.134. The number of aromatic amines is 1. The average Bonchev–Trinajstić information content (AvgIpc) is 2.97. The fourth-order valence-electron chi connectivity index (χ4n) is 2.06. The largest absolute Gasteiger partial charge is 0.379 e. The maximum Gasteiger partial charge on any atom is 0.239 e. The summed E-state index contributed by atoms with van der Waals surface area (Å²) in [5.41, 5.74) is -0.499. The van der Waals surface area contributed by atoms with Crippen LogP contribution in [0.25, 0.3) is 0 Å². The molecule has 2 rings (SSSR count). The van der Waals surface area contributed by atoms with Crippen molar-refractivity contribution in [2.45, 2.75) is 24.5 Å². The van der Waals surface area contributed by atoms with Crippen molar-refractivity contribution in [2.24, 2.45) is 0 Å². The van der Waals surface area contributed by atoms with Crippen LogP contribution in [0.2, 0.25) is 0 Å². The number of hydrogen-bond acceptors (Lipinski definition) is 6. The minimum atomic E-state index is -0.499. The number of H-pyrrole nitrogens is 1. The van der Waals surface area contributed by atoms with Gasteiger partial charge in [0.2, 0.25) is 5.91 Å². The highest BCUT2D eigenvalue weighted by atomic mass is 32.2. The van der Waals surface area contributed by atoms with Crippen molar-refractivity contribution in [1.82, 2.24) is 25.4 Å². The molecule has 0 saturated carbocycles. The first kappa shape index (κ1) is 15.3. The summed E-state index contributed by atoms with van der Waals surface area (Å²) in [6, 6.07) is 0. The van der Waals surface area contributed by atoms with Gasteiger partial charge in [-0.2, -0.15) is 5.10 Å². The predicted molar refractivity (Wildman–Crippen MR) is 76.6 cm³/mol. The minimum Gasteiger partial charge on any atom is -0.379 e. The van der Waals surface area contributed by atoms with Gasteiger partial charge in [-0.25, -0.2) is 4.98 Å². The summed E-state index contributed by atoms with van der Waals surface area (Å²) in [7, 11) is 0. The lowest BCUT2D eigenvalue weighted by Gasteiger charge is -2.39. The number of carbonyl (C=O) groups is 1. The third-order valence-corrected chi connectivity index (χ3v) is 4.26. The van der Waals surface area contributed by atoms with Crippen molar-refractivity contribution < 1.29 is 9.53 Å². The summed E-state index contributed by atoms with van der Waals surface area (Å²) < 4.78 is 5.32. The van der Waals surface area contributed by atoms with E-state index in [-0.39, 0.29) is 5.91 Å². The number of nitrogens with one attached hydrogen (secondary N) is 2. The van der Waals surface area contributed by atoms with Gasteiger partial charge in [0.05, 0.1) is 18.8 Å². The molecule has 1 fully saturated rings. The highest BCUT2D eigenvalue weighted by Crippen LogP contribution is 2.16. The van der Waals surface area contributed by atoms with E-state index in [1.54, 1.807) is 0 Å². The number of thioether (sulfide) groups is 1. The lowest BCUT2D eigenvalue weighted by atomic mass is 10.0. The first-order valence-electron chi connectivity index (χ1n) is 6.70. The van der Waals surface area contributed by atoms with Crippen molar-refractivity contribution >= 4 is 17.7 Å². The van der Waals surface area contributed by atoms with Crippen LogP contribution in [0, 0.1) is 0 Å². The monoisotopic (exact) mass is 299 g/mol. The Labute approximate surface area is 122 Å². The standard InChI is InChI=1S/C12H21N5O2S/c1-12(2,17-4-6-19-7-5-17)10(18)13-3-8-20-11-14-9-15-16-11/h9H,3-8H2,1-2H3,(H,13,18)(H,14,15,16). The van der Waals surface area contributed by atoms with E-state index in [1.807, 2.05) is 13.8 Å². The second-order valence-corrected chi connectivity index (χ2v) is 6.14. The number of nitrogens with zero attached hydrogens (tertiary/aromatic N) is 3. The maximum atomic E-state index is 12.3. The Morgan fingerprint density at radius 1 is 1.55 bits per heavy atom. The second kappa shape index (κ2) is 7.05. The Morgan fingerprint density at radius 2 is 2.30 bits per heavy atom. The molecule has 8 heteroatoms. The van der Waals surface area contributed by atoms with Crippen LogP contribution in [-0.2, 0) is 9.53 Å². The summed E-state index contributed by atoms with van der Waals surface area (Å²) >= 11 is 1.54. The zero-order valence-electron chi connectivity index (χ0n) is 11.9. The van der Waals surface area contributed by atoms with Gasteiger partial charge in [0.15, 0.2) is 5.16 Å². The zero-order valence-corrected chi connectivity index (χ0v) is 12.7. The number of morpholine rings is 1. The molecule has 0 atom stereocenters. The van der Waals surface area contributed by atoms with E-state index < -0.39 is 5.54 Å². The third kappa shape index (κ3) is 3.94. The van der Waals surface area contributed by atoms with Gasteiger partial charge in [-0.05, 0) is 13.8 Å². The van der Waals surface area contributed by atoms with Crippen LogP contribution in [0.4, 0.5) is 0 Å². The van der Waals surface area contributed by atoms with E-state index in [4.69, 9.17) is 4.74 Å². The third-order valence-electron chi connectivity index (χ3n) is 3.38. The summed E-state index contributed by atoms with van der Waals surface area (Å²) in [5.74, 6) is 0.817. The molecular weight excluding hydrogens is 278 g/mol. The number of carbonyl (C=O) groups excluding carboxylic acids is 1. The van der Waals surface area contributed by atoms with E-state index in [0.29, 0.717) is 19.8 Å². The number of aromatic nitrogens is 3. The van der Waals surface area contributed by atoms with E-state index in [2.05, 4.69) is 25.4 Å². The molecule has 1 aromatic rings. The van der Waals surface area contributed by atoms with Gasteiger partial charge in [-0.1, -0.05) is 11.8 Å². The molecule has 0 spiro atoms. The molecule has 1 aliphatic rings. The van der Waals surface area contributed by atoms with Crippen molar-refractivity contribution in [2.75, 3.05) is 38.6 Å². The van der Waals surface area contributed by atoms with Gasteiger partial charge in [-0.15, -0.1) is 0 Å². The molecule has 0 aromatic carbocycles. The summed E-state index contributed by atoms with van der Waals surface area (Å²) in [4.78, 5) is 18.5. The van der Waals surface area contributed by atoms with Gasteiger partial charge in [0.25, 0.3) is 0 Å². The maximum absolute atomic E-state index is 12.3. The minimum absolute atomic E-state index is 0.0533. The molecule has 0 aliphatic carbocycles. The Balaban J connectivity index is 1.72. The van der Waals surface area contributed by atoms with Gasteiger partial charge in [-0.3, -0.25) is 14.8 Å². The first-order valence-corrected chi connectivity index (χ1v) is 7.68. The number of ether oxygens (including phenoxy) is 1. The zero-order chi connectivity index (χ0) is 14.4. The second-order valence-electron chi connectivity index (χ2n) is 5.05. The average molecular weight is 299 g/mol. The molecule has 112 valence electrons. The van der Waals surface area contributed by atoms with Crippen LogP contribution in [0.5, 0.6) is 0 Å². The number of hydrogen-bond donors (Lipinski definition) is 2. The van der Waals surface area contributed by atoms with Crippen molar-refractivity contribution in [3.8, 4) is 0 Å². The van der Waals surface area contributed by atoms with Crippen molar-refractivity contribution in [3.05, 3.63) is 6.33 Å². The van der Waals surface area contributed by atoms with Crippen LogP contribution >= 0.6 is 11.8 Å². The van der Waals surface area contributed by atoms with Gasteiger partial charge >= 0.3 is 0 Å². The summed E-state index contributed by atoms with van der Waals surface area (Å²) in [5, 5.41) is 10.3. The van der Waals surface area contributed by atoms with Crippen LogP contribution in [0.3, 0.4) is 0 Å². The van der Waals surface area contributed by atoms with Crippen LogP contribution in [0.1, 0.15) is 13.8 Å². The highest BCUT2D eigenvalue weighted by molar-refractivity contribution is 7.99. The molecule has 0 bridgehead atoms. The fraction of sp³-hybridized carbons (Fsp3) is 0.750. The highest BCUT2D eigenvalue weighted by Gasteiger charge is 2.35. The quantitative estimate of drug-likeness (QED) is 0.573. The van der Waals surface area contributed by atoms with E-state index >= 15 is 0 Å². The van der Waals surface area contributed by atoms with E-state index in [1.165, 1.54) is 18.1 Å². The molecule has 0 radical (unpaired) electrons.